The molecule has 7 heteroatoms. The van der Waals surface area contributed by atoms with Crippen molar-refractivity contribution in [3.8, 4) is 0 Å². The third kappa shape index (κ3) is 3.13. The zero-order valence-corrected chi connectivity index (χ0v) is 13.5. The first-order valence-corrected chi connectivity index (χ1v) is 8.14. The van der Waals surface area contributed by atoms with E-state index >= 15 is 0 Å². The van der Waals surface area contributed by atoms with E-state index in [9.17, 15) is 9.59 Å². The van der Waals surface area contributed by atoms with Crippen LogP contribution in [0.3, 0.4) is 0 Å². The van der Waals surface area contributed by atoms with Crippen molar-refractivity contribution >= 4 is 12.0 Å². The lowest BCUT2D eigenvalue weighted by Crippen LogP contribution is -2.47. The maximum atomic E-state index is 12.5. The number of rotatable bonds is 4. The number of amides is 2. The molecule has 1 aromatic rings. The predicted molar refractivity (Wildman–Crippen MR) is 82.7 cm³/mol. The van der Waals surface area contributed by atoms with Crippen LogP contribution in [-0.2, 0) is 16.0 Å². The molecule has 2 atom stereocenters. The molecule has 7 nitrogen and oxygen atoms in total. The zero-order chi connectivity index (χ0) is 16.4. The molecule has 2 aliphatic rings. The lowest BCUT2D eigenvalue weighted by molar-refractivity contribution is -0.142. The molecule has 3 rings (SSSR count). The first-order chi connectivity index (χ1) is 11.1. The molecule has 2 amide bonds. The van der Waals surface area contributed by atoms with Crippen LogP contribution in [0.5, 0.6) is 0 Å². The van der Waals surface area contributed by atoms with Gasteiger partial charge in [0.1, 0.15) is 5.82 Å². The van der Waals surface area contributed by atoms with E-state index in [1.807, 2.05) is 18.0 Å². The van der Waals surface area contributed by atoms with Crippen molar-refractivity contribution in [1.29, 1.82) is 0 Å². The Balaban J connectivity index is 1.64. The fourth-order valence-corrected chi connectivity index (χ4v) is 3.48. The van der Waals surface area contributed by atoms with E-state index in [2.05, 4.69) is 15.3 Å². The van der Waals surface area contributed by atoms with E-state index in [1.165, 1.54) is 0 Å². The van der Waals surface area contributed by atoms with Gasteiger partial charge >= 0.3 is 12.0 Å². The van der Waals surface area contributed by atoms with Crippen LogP contribution in [-0.4, -0.2) is 46.1 Å². The van der Waals surface area contributed by atoms with Crippen LogP contribution < -0.4 is 5.32 Å². The highest BCUT2D eigenvalue weighted by Crippen LogP contribution is 2.42. The van der Waals surface area contributed by atoms with E-state index in [1.54, 1.807) is 6.92 Å². The van der Waals surface area contributed by atoms with Gasteiger partial charge in [0.2, 0.25) is 0 Å². The number of nitrogens with zero attached hydrogens (tertiary/aromatic N) is 3. The minimum atomic E-state index is -0.288. The molecule has 2 unspecified atom stereocenters. The first kappa shape index (κ1) is 15.7. The molecule has 1 N–H and O–H groups in total. The average molecular weight is 318 g/mol. The monoisotopic (exact) mass is 318 g/mol. The summed E-state index contributed by atoms with van der Waals surface area (Å²) in [6, 6.07) is 0.115. The Kier molecular flexibility index (Phi) is 4.45. The van der Waals surface area contributed by atoms with Crippen LogP contribution in [0, 0.1) is 6.92 Å². The Labute approximate surface area is 135 Å². The number of carbonyl (C=O) groups excluding carboxylic acids is 2. The number of ether oxygens (including phenoxy) is 1. The maximum absolute atomic E-state index is 12.5. The van der Waals surface area contributed by atoms with Crippen LogP contribution in [0.1, 0.15) is 49.3 Å². The second-order valence-corrected chi connectivity index (χ2v) is 5.96. The van der Waals surface area contributed by atoms with Gasteiger partial charge in [-0.25, -0.2) is 14.8 Å². The smallest absolute Gasteiger partial charge is 0.318 e. The lowest BCUT2D eigenvalue weighted by atomic mass is 9.99. The summed E-state index contributed by atoms with van der Waals surface area (Å²) in [6.07, 6.45) is 4.74. The molecular weight excluding hydrogens is 296 g/mol. The summed E-state index contributed by atoms with van der Waals surface area (Å²) in [6.45, 7) is 4.31. The van der Waals surface area contributed by atoms with Crippen LogP contribution in [0.4, 0.5) is 4.79 Å². The fraction of sp³-hybridized carbons (Fsp3) is 0.625. The number of hydrogen-bond donors (Lipinski definition) is 1. The van der Waals surface area contributed by atoms with Crippen molar-refractivity contribution in [1.82, 2.24) is 20.2 Å². The van der Waals surface area contributed by atoms with Gasteiger partial charge in [0.25, 0.3) is 0 Å². The second-order valence-electron chi connectivity index (χ2n) is 5.96. The largest absolute Gasteiger partial charge is 0.466 e. The number of fused-ring (bicyclic) bond motifs is 4. The number of hydrogen-bond acceptors (Lipinski definition) is 5. The van der Waals surface area contributed by atoms with Crippen molar-refractivity contribution in [3.05, 3.63) is 23.3 Å². The highest BCUT2D eigenvalue weighted by Gasteiger charge is 2.43. The van der Waals surface area contributed by atoms with Crippen molar-refractivity contribution in [3.63, 3.8) is 0 Å². The van der Waals surface area contributed by atoms with Crippen LogP contribution in [0.15, 0.2) is 6.20 Å². The lowest BCUT2D eigenvalue weighted by Gasteiger charge is -2.35. The number of carbonyl (C=O) groups is 2. The number of urea groups is 1. The van der Waals surface area contributed by atoms with E-state index in [0.717, 1.165) is 36.3 Å². The Morgan fingerprint density at radius 2 is 2.26 bits per heavy atom. The standard InChI is InChI=1S/C16H22N4O3/c1-3-23-15(21)6-7-17-16(22)20-11-4-5-14(20)12-9-18-10(2)19-13(12)8-11/h9,11,14H,3-8H2,1-2H3,(H,17,22). The number of nitrogens with one attached hydrogen (secondary N) is 1. The van der Waals surface area contributed by atoms with Crippen LogP contribution in [0.25, 0.3) is 0 Å². The zero-order valence-electron chi connectivity index (χ0n) is 13.5. The summed E-state index contributed by atoms with van der Waals surface area (Å²) in [5.41, 5.74) is 2.13. The summed E-state index contributed by atoms with van der Waals surface area (Å²) in [5.74, 6) is 0.485. The van der Waals surface area contributed by atoms with Crippen molar-refractivity contribution in [2.24, 2.45) is 0 Å². The average Bonchev–Trinajstić information content (AvgIpc) is 2.83. The van der Waals surface area contributed by atoms with Crippen LogP contribution >= 0.6 is 0 Å². The van der Waals surface area contributed by atoms with Gasteiger partial charge in [-0.1, -0.05) is 0 Å². The molecule has 3 heterocycles. The summed E-state index contributed by atoms with van der Waals surface area (Å²) < 4.78 is 4.86. The van der Waals surface area contributed by atoms with Gasteiger partial charge < -0.3 is 15.0 Å². The summed E-state index contributed by atoms with van der Waals surface area (Å²) in [7, 11) is 0. The van der Waals surface area contributed by atoms with Crippen LogP contribution in [0.2, 0.25) is 0 Å². The normalized spacial score (nSPS) is 21.7. The molecule has 1 fully saturated rings. The van der Waals surface area contributed by atoms with Gasteiger partial charge in [0.05, 0.1) is 24.8 Å². The van der Waals surface area contributed by atoms with Crippen molar-refractivity contribution < 1.29 is 14.3 Å². The summed E-state index contributed by atoms with van der Waals surface area (Å²) >= 11 is 0. The minimum Gasteiger partial charge on any atom is -0.466 e. The molecule has 2 aliphatic heterocycles. The molecule has 124 valence electrons. The second kappa shape index (κ2) is 6.52. The molecule has 0 saturated carbocycles. The molecule has 0 spiro atoms. The van der Waals surface area contributed by atoms with E-state index in [4.69, 9.17) is 4.74 Å². The summed E-state index contributed by atoms with van der Waals surface area (Å²) in [4.78, 5) is 34.5. The Hall–Kier alpha value is -2.18. The van der Waals surface area contributed by atoms with E-state index in [-0.39, 0.29) is 30.5 Å². The van der Waals surface area contributed by atoms with Crippen molar-refractivity contribution in [2.75, 3.05) is 13.2 Å². The molecule has 1 aromatic heterocycles. The van der Waals surface area contributed by atoms with Gasteiger partial charge in [-0.15, -0.1) is 0 Å². The maximum Gasteiger partial charge on any atom is 0.318 e. The quantitative estimate of drug-likeness (QED) is 0.851. The van der Waals surface area contributed by atoms with Gasteiger partial charge in [0.15, 0.2) is 0 Å². The third-order valence-corrected chi connectivity index (χ3v) is 4.46. The highest BCUT2D eigenvalue weighted by atomic mass is 16.5. The number of esters is 1. The number of aromatic nitrogens is 2. The van der Waals surface area contributed by atoms with E-state index in [0.29, 0.717) is 13.2 Å². The SMILES string of the molecule is CCOC(=O)CCNC(=O)N1C2CCC1c1cnc(C)nc1C2. The van der Waals surface area contributed by atoms with Crippen molar-refractivity contribution in [2.45, 2.75) is 51.6 Å². The van der Waals surface area contributed by atoms with Gasteiger partial charge in [-0.3, -0.25) is 4.79 Å². The highest BCUT2D eigenvalue weighted by molar-refractivity contribution is 5.77. The number of aryl methyl sites for hydroxylation is 1. The molecule has 0 aromatic carbocycles. The Bertz CT molecular complexity index is 619. The molecular formula is C16H22N4O3. The molecule has 2 bridgehead atoms. The molecule has 0 aliphatic carbocycles. The Morgan fingerprint density at radius 1 is 1.43 bits per heavy atom. The van der Waals surface area contributed by atoms with Gasteiger partial charge in [0, 0.05) is 30.8 Å². The molecule has 23 heavy (non-hydrogen) atoms. The van der Waals surface area contributed by atoms with Gasteiger partial charge in [-0.2, -0.15) is 0 Å². The van der Waals surface area contributed by atoms with Gasteiger partial charge in [-0.05, 0) is 26.7 Å². The molecule has 1 saturated heterocycles. The minimum absolute atomic E-state index is 0.0481. The Morgan fingerprint density at radius 3 is 3.04 bits per heavy atom. The summed E-state index contributed by atoms with van der Waals surface area (Å²) in [5, 5.41) is 2.83. The molecule has 0 radical (unpaired) electrons. The first-order valence-electron chi connectivity index (χ1n) is 8.14. The predicted octanol–water partition coefficient (Wildman–Crippen LogP) is 1.51. The topological polar surface area (TPSA) is 84.4 Å². The fourth-order valence-electron chi connectivity index (χ4n) is 3.48. The van der Waals surface area contributed by atoms with E-state index < -0.39 is 0 Å². The third-order valence-electron chi connectivity index (χ3n) is 4.46.